The maximum absolute atomic E-state index is 8.83. The summed E-state index contributed by atoms with van der Waals surface area (Å²) >= 11 is 0. The molecule has 6 nitrogen and oxygen atoms in total. The fourth-order valence-corrected chi connectivity index (χ4v) is 2.78. The van der Waals surface area contributed by atoms with Crippen LogP contribution in [0.15, 0.2) is 42.7 Å². The Bertz CT molecular complexity index is 609. The summed E-state index contributed by atoms with van der Waals surface area (Å²) in [5, 5.41) is 12.4. The Hall–Kier alpha value is -2.34. The lowest BCUT2D eigenvalue weighted by Crippen LogP contribution is -2.42. The highest BCUT2D eigenvalue weighted by atomic mass is 16.5. The molecule has 1 aliphatic rings. The Kier molecular flexibility index (Phi) is 5.26. The molecule has 0 saturated carbocycles. The molecule has 0 amide bonds. The summed E-state index contributed by atoms with van der Waals surface area (Å²) in [6, 6.07) is 10.7. The molecule has 1 unspecified atom stereocenters. The minimum absolute atomic E-state index is 0.0291. The second-order valence-corrected chi connectivity index (χ2v) is 5.58. The van der Waals surface area contributed by atoms with Gasteiger partial charge in [-0.1, -0.05) is 18.2 Å². The first-order chi connectivity index (χ1) is 11.3. The summed E-state index contributed by atoms with van der Waals surface area (Å²) in [5.74, 6) is 1.27. The molecule has 3 rings (SSSR count). The van der Waals surface area contributed by atoms with Gasteiger partial charge < -0.3 is 20.1 Å². The van der Waals surface area contributed by atoms with Gasteiger partial charge in [-0.05, 0) is 25.0 Å². The summed E-state index contributed by atoms with van der Waals surface area (Å²) < 4.78 is 5.34. The highest BCUT2D eigenvalue weighted by Gasteiger charge is 2.21. The second kappa shape index (κ2) is 7.78. The first-order valence-corrected chi connectivity index (χ1v) is 7.97. The number of para-hydroxylation sites is 1. The second-order valence-electron chi connectivity index (χ2n) is 5.58. The van der Waals surface area contributed by atoms with Crippen LogP contribution < -0.4 is 15.0 Å². The van der Waals surface area contributed by atoms with E-state index in [4.69, 9.17) is 9.84 Å². The topological polar surface area (TPSA) is 70.5 Å². The van der Waals surface area contributed by atoms with Crippen molar-refractivity contribution >= 4 is 11.5 Å². The van der Waals surface area contributed by atoms with Crippen LogP contribution in [0.25, 0.3) is 0 Å². The zero-order chi connectivity index (χ0) is 15.9. The average Bonchev–Trinajstić information content (AvgIpc) is 2.61. The number of aliphatic hydroxyl groups excluding tert-OH is 1. The molecule has 1 aromatic heterocycles. The van der Waals surface area contributed by atoms with E-state index in [1.165, 1.54) is 0 Å². The highest BCUT2D eigenvalue weighted by molar-refractivity contribution is 5.45. The largest absolute Gasteiger partial charge is 0.474 e. The molecule has 0 bridgehead atoms. The Morgan fingerprint density at radius 1 is 1.26 bits per heavy atom. The molecule has 122 valence electrons. The van der Waals surface area contributed by atoms with Crippen molar-refractivity contribution in [3.8, 4) is 5.88 Å². The van der Waals surface area contributed by atoms with Crippen LogP contribution in [0.1, 0.15) is 12.8 Å². The molecule has 0 aliphatic carbocycles. The van der Waals surface area contributed by atoms with Gasteiger partial charge >= 0.3 is 0 Å². The predicted molar refractivity (Wildman–Crippen MR) is 89.9 cm³/mol. The van der Waals surface area contributed by atoms with Gasteiger partial charge in [0, 0.05) is 24.8 Å². The number of rotatable bonds is 6. The third-order valence-electron chi connectivity index (χ3n) is 3.83. The SMILES string of the molecule is OCCOc1cncc(N2CCCC(Nc3ccccc3)C2)n1. The third kappa shape index (κ3) is 4.32. The zero-order valence-electron chi connectivity index (χ0n) is 13.1. The third-order valence-corrected chi connectivity index (χ3v) is 3.83. The average molecular weight is 314 g/mol. The molecule has 1 aromatic carbocycles. The van der Waals surface area contributed by atoms with Crippen molar-refractivity contribution in [2.24, 2.45) is 0 Å². The Morgan fingerprint density at radius 3 is 2.96 bits per heavy atom. The lowest BCUT2D eigenvalue weighted by molar-refractivity contribution is 0.196. The number of nitrogens with zero attached hydrogens (tertiary/aromatic N) is 3. The van der Waals surface area contributed by atoms with E-state index in [1.54, 1.807) is 12.4 Å². The van der Waals surface area contributed by atoms with Crippen LogP contribution in [0.3, 0.4) is 0 Å². The van der Waals surface area contributed by atoms with Crippen LogP contribution in [0.5, 0.6) is 5.88 Å². The van der Waals surface area contributed by atoms with Crippen molar-refractivity contribution in [3.63, 3.8) is 0 Å². The molecule has 6 heteroatoms. The van der Waals surface area contributed by atoms with Gasteiger partial charge in [0.25, 0.3) is 0 Å². The van der Waals surface area contributed by atoms with Crippen molar-refractivity contribution in [1.82, 2.24) is 9.97 Å². The minimum atomic E-state index is -0.0291. The summed E-state index contributed by atoms with van der Waals surface area (Å²) in [7, 11) is 0. The van der Waals surface area contributed by atoms with E-state index in [-0.39, 0.29) is 13.2 Å². The molecule has 1 atom stereocenters. The lowest BCUT2D eigenvalue weighted by Gasteiger charge is -2.34. The Labute approximate surface area is 136 Å². The molecular weight excluding hydrogens is 292 g/mol. The normalized spacial score (nSPS) is 17.8. The van der Waals surface area contributed by atoms with Gasteiger partial charge in [-0.3, -0.25) is 4.98 Å². The van der Waals surface area contributed by atoms with Gasteiger partial charge in [-0.15, -0.1) is 0 Å². The van der Waals surface area contributed by atoms with E-state index in [0.29, 0.717) is 11.9 Å². The highest BCUT2D eigenvalue weighted by Crippen LogP contribution is 2.21. The number of benzene rings is 1. The molecule has 2 aromatic rings. The van der Waals surface area contributed by atoms with E-state index in [2.05, 4.69) is 32.3 Å². The van der Waals surface area contributed by atoms with Crippen molar-refractivity contribution in [2.75, 3.05) is 36.5 Å². The molecule has 2 N–H and O–H groups in total. The monoisotopic (exact) mass is 314 g/mol. The van der Waals surface area contributed by atoms with Gasteiger partial charge in [-0.2, -0.15) is 4.98 Å². The molecule has 0 radical (unpaired) electrons. The van der Waals surface area contributed by atoms with Crippen molar-refractivity contribution in [2.45, 2.75) is 18.9 Å². The zero-order valence-corrected chi connectivity index (χ0v) is 13.1. The number of hydrogen-bond acceptors (Lipinski definition) is 6. The van der Waals surface area contributed by atoms with Crippen LogP contribution >= 0.6 is 0 Å². The van der Waals surface area contributed by atoms with E-state index < -0.39 is 0 Å². The standard InChI is InChI=1S/C17H22N4O2/c22-9-10-23-17-12-18-11-16(20-17)21-8-4-7-15(13-21)19-14-5-2-1-3-6-14/h1-3,5-6,11-12,15,19,22H,4,7-10,13H2. The quantitative estimate of drug-likeness (QED) is 0.849. The summed E-state index contributed by atoms with van der Waals surface area (Å²) in [5.41, 5.74) is 1.14. The maximum Gasteiger partial charge on any atom is 0.234 e. The number of nitrogens with one attached hydrogen (secondary N) is 1. The minimum Gasteiger partial charge on any atom is -0.474 e. The fourth-order valence-electron chi connectivity index (χ4n) is 2.78. The first kappa shape index (κ1) is 15.6. The van der Waals surface area contributed by atoms with Gasteiger partial charge in [0.1, 0.15) is 6.61 Å². The number of hydrogen-bond donors (Lipinski definition) is 2. The first-order valence-electron chi connectivity index (χ1n) is 7.97. The van der Waals surface area contributed by atoms with E-state index >= 15 is 0 Å². The Morgan fingerprint density at radius 2 is 2.13 bits per heavy atom. The molecule has 23 heavy (non-hydrogen) atoms. The van der Waals surface area contributed by atoms with Crippen LogP contribution in [0.2, 0.25) is 0 Å². The van der Waals surface area contributed by atoms with Crippen LogP contribution in [-0.2, 0) is 0 Å². The smallest absolute Gasteiger partial charge is 0.234 e. The van der Waals surface area contributed by atoms with Gasteiger partial charge in [-0.25, -0.2) is 0 Å². The summed E-state index contributed by atoms with van der Waals surface area (Å²) in [6.07, 6.45) is 5.58. The lowest BCUT2D eigenvalue weighted by atomic mass is 10.1. The summed E-state index contributed by atoms with van der Waals surface area (Å²) in [6.45, 7) is 2.05. The van der Waals surface area contributed by atoms with Crippen molar-refractivity contribution in [1.29, 1.82) is 0 Å². The molecule has 1 fully saturated rings. The van der Waals surface area contributed by atoms with Gasteiger partial charge in [0.15, 0.2) is 5.82 Å². The maximum atomic E-state index is 8.83. The van der Waals surface area contributed by atoms with Crippen LogP contribution in [0, 0.1) is 0 Å². The number of aromatic nitrogens is 2. The van der Waals surface area contributed by atoms with Crippen molar-refractivity contribution < 1.29 is 9.84 Å². The van der Waals surface area contributed by atoms with Crippen molar-refractivity contribution in [3.05, 3.63) is 42.7 Å². The molecule has 0 spiro atoms. The molecule has 1 aliphatic heterocycles. The van der Waals surface area contributed by atoms with Crippen LogP contribution in [-0.4, -0.2) is 47.4 Å². The van der Waals surface area contributed by atoms with E-state index in [1.807, 2.05) is 18.2 Å². The van der Waals surface area contributed by atoms with Gasteiger partial charge in [0.2, 0.25) is 5.88 Å². The molecular formula is C17H22N4O2. The number of anilines is 2. The molecule has 1 saturated heterocycles. The number of aliphatic hydroxyl groups is 1. The van der Waals surface area contributed by atoms with Gasteiger partial charge in [0.05, 0.1) is 19.0 Å². The molecule has 2 heterocycles. The van der Waals surface area contributed by atoms with E-state index in [0.717, 1.165) is 37.4 Å². The fraction of sp³-hybridized carbons (Fsp3) is 0.412. The summed E-state index contributed by atoms with van der Waals surface area (Å²) in [4.78, 5) is 10.9. The predicted octanol–water partition coefficient (Wildman–Crippen LogP) is 1.93. The number of piperidine rings is 1. The van der Waals surface area contributed by atoms with E-state index in [9.17, 15) is 0 Å². The Balaban J connectivity index is 1.64. The number of ether oxygens (including phenoxy) is 1. The van der Waals surface area contributed by atoms with Crippen LogP contribution in [0.4, 0.5) is 11.5 Å².